The zero-order chi connectivity index (χ0) is 13.9. The molecule has 0 radical (unpaired) electrons. The molecule has 18 heavy (non-hydrogen) atoms. The summed E-state index contributed by atoms with van der Waals surface area (Å²) in [6, 6.07) is 4.95. The van der Waals surface area contributed by atoms with Crippen LogP contribution >= 0.6 is 11.6 Å². The number of hydrogen-bond acceptors (Lipinski definition) is 3. The topological polar surface area (TPSA) is 49.8 Å². The fraction of sp³-hybridized carbons (Fsp3) is 0.462. The smallest absolute Gasteiger partial charge is 0.262 e. The van der Waals surface area contributed by atoms with E-state index in [0.717, 1.165) is 0 Å². The van der Waals surface area contributed by atoms with Gasteiger partial charge in [0, 0.05) is 24.7 Å². The summed E-state index contributed by atoms with van der Waals surface area (Å²) < 4.78 is 5.58. The number of hydrogen-bond donors (Lipinski definition) is 1. The maximum Gasteiger partial charge on any atom is 0.262 e. The van der Waals surface area contributed by atoms with Crippen molar-refractivity contribution in [1.29, 1.82) is 0 Å². The van der Waals surface area contributed by atoms with Crippen LogP contribution in [0.2, 0.25) is 5.02 Å². The van der Waals surface area contributed by atoms with E-state index in [4.69, 9.17) is 16.3 Å². The van der Waals surface area contributed by atoms with E-state index in [9.17, 15) is 9.90 Å². The predicted molar refractivity (Wildman–Crippen MR) is 70.9 cm³/mol. The second-order valence-corrected chi connectivity index (χ2v) is 4.79. The van der Waals surface area contributed by atoms with Crippen molar-refractivity contribution >= 4 is 17.5 Å². The van der Waals surface area contributed by atoms with Gasteiger partial charge in [0.1, 0.15) is 5.75 Å². The third kappa shape index (κ3) is 3.62. The van der Waals surface area contributed by atoms with Crippen molar-refractivity contribution in [2.45, 2.75) is 26.1 Å². The first-order valence-corrected chi connectivity index (χ1v) is 6.06. The summed E-state index contributed by atoms with van der Waals surface area (Å²) in [5, 5.41) is 10.2. The highest BCUT2D eigenvalue weighted by Gasteiger charge is 2.19. The number of ether oxygens (including phenoxy) is 1. The van der Waals surface area contributed by atoms with Crippen LogP contribution in [0.1, 0.15) is 25.5 Å². The standard InChI is InChI=1S/C13H18ClNO3/c1-8(16)11-7-10(14)5-6-12(11)18-9(2)13(17)15(3)4/h5-9,16H,1-4H3. The maximum absolute atomic E-state index is 11.7. The lowest BCUT2D eigenvalue weighted by atomic mass is 10.1. The molecule has 2 atom stereocenters. The number of halogens is 1. The molecule has 4 nitrogen and oxygen atoms in total. The van der Waals surface area contributed by atoms with Crippen molar-refractivity contribution in [3.8, 4) is 5.75 Å². The number of carbonyl (C=O) groups excluding carboxylic acids is 1. The van der Waals surface area contributed by atoms with Crippen LogP contribution in [-0.2, 0) is 4.79 Å². The summed E-state index contributed by atoms with van der Waals surface area (Å²) in [7, 11) is 3.33. The van der Waals surface area contributed by atoms with E-state index >= 15 is 0 Å². The van der Waals surface area contributed by atoms with Gasteiger partial charge >= 0.3 is 0 Å². The Balaban J connectivity index is 2.94. The molecule has 1 N–H and O–H groups in total. The Kier molecular flexibility index (Phi) is 4.99. The minimum Gasteiger partial charge on any atom is -0.481 e. The van der Waals surface area contributed by atoms with Crippen molar-refractivity contribution in [2.75, 3.05) is 14.1 Å². The fourth-order valence-electron chi connectivity index (χ4n) is 1.56. The number of carbonyl (C=O) groups is 1. The predicted octanol–water partition coefficient (Wildman–Crippen LogP) is 2.25. The molecule has 1 aromatic rings. The molecule has 5 heteroatoms. The van der Waals surface area contributed by atoms with E-state index in [1.807, 2.05) is 0 Å². The molecule has 100 valence electrons. The average molecular weight is 272 g/mol. The van der Waals surface area contributed by atoms with Crippen LogP contribution in [0.25, 0.3) is 0 Å². The van der Waals surface area contributed by atoms with Gasteiger partial charge in [-0.15, -0.1) is 0 Å². The average Bonchev–Trinajstić information content (AvgIpc) is 2.29. The normalized spacial score (nSPS) is 13.9. The lowest BCUT2D eigenvalue weighted by molar-refractivity contribution is -0.135. The molecule has 2 unspecified atom stereocenters. The molecule has 0 heterocycles. The number of aliphatic hydroxyl groups is 1. The van der Waals surface area contributed by atoms with Crippen LogP contribution < -0.4 is 4.74 Å². The molecule has 0 aromatic heterocycles. The lowest BCUT2D eigenvalue weighted by Crippen LogP contribution is -2.35. The molecule has 0 aliphatic heterocycles. The first-order valence-electron chi connectivity index (χ1n) is 5.68. The number of amides is 1. The Hall–Kier alpha value is -1.26. The Morgan fingerprint density at radius 2 is 2.00 bits per heavy atom. The number of aliphatic hydroxyl groups excluding tert-OH is 1. The zero-order valence-electron chi connectivity index (χ0n) is 11.0. The Morgan fingerprint density at radius 3 is 2.50 bits per heavy atom. The van der Waals surface area contributed by atoms with Gasteiger partial charge in [0.05, 0.1) is 6.10 Å². The van der Waals surface area contributed by atoms with Crippen LogP contribution in [-0.4, -0.2) is 36.1 Å². The quantitative estimate of drug-likeness (QED) is 0.914. The van der Waals surface area contributed by atoms with Gasteiger partial charge in [0.2, 0.25) is 0 Å². The first-order chi connectivity index (χ1) is 8.32. The summed E-state index contributed by atoms with van der Waals surface area (Å²) in [5.41, 5.74) is 0.570. The van der Waals surface area contributed by atoms with Gasteiger partial charge in [0.25, 0.3) is 5.91 Å². The Bertz CT molecular complexity index is 432. The van der Waals surface area contributed by atoms with Gasteiger partial charge < -0.3 is 14.7 Å². The van der Waals surface area contributed by atoms with Gasteiger partial charge in [-0.1, -0.05) is 11.6 Å². The summed E-state index contributed by atoms with van der Waals surface area (Å²) in [5.74, 6) is 0.332. The van der Waals surface area contributed by atoms with Gasteiger partial charge in [-0.05, 0) is 32.0 Å². The van der Waals surface area contributed by atoms with Crippen LogP contribution in [0, 0.1) is 0 Å². The monoisotopic (exact) mass is 271 g/mol. The molecular weight excluding hydrogens is 254 g/mol. The van der Waals surface area contributed by atoms with E-state index in [0.29, 0.717) is 16.3 Å². The van der Waals surface area contributed by atoms with Crippen molar-refractivity contribution in [3.05, 3.63) is 28.8 Å². The van der Waals surface area contributed by atoms with E-state index in [-0.39, 0.29) is 5.91 Å². The lowest BCUT2D eigenvalue weighted by Gasteiger charge is -2.20. The number of nitrogens with zero attached hydrogens (tertiary/aromatic N) is 1. The molecule has 1 aromatic carbocycles. The van der Waals surface area contributed by atoms with Crippen LogP contribution in [0.4, 0.5) is 0 Å². The minimum absolute atomic E-state index is 0.138. The maximum atomic E-state index is 11.7. The van der Waals surface area contributed by atoms with E-state index < -0.39 is 12.2 Å². The highest BCUT2D eigenvalue weighted by atomic mass is 35.5. The summed E-state index contributed by atoms with van der Waals surface area (Å²) in [6.45, 7) is 3.29. The van der Waals surface area contributed by atoms with Gasteiger partial charge in [-0.25, -0.2) is 0 Å². The van der Waals surface area contributed by atoms with E-state index in [1.54, 1.807) is 46.1 Å². The zero-order valence-corrected chi connectivity index (χ0v) is 11.7. The SMILES string of the molecule is CC(Oc1ccc(Cl)cc1C(C)O)C(=O)N(C)C. The van der Waals surface area contributed by atoms with E-state index in [1.165, 1.54) is 4.90 Å². The first kappa shape index (κ1) is 14.8. The van der Waals surface area contributed by atoms with Crippen LogP contribution in [0.15, 0.2) is 18.2 Å². The second-order valence-electron chi connectivity index (χ2n) is 4.35. The van der Waals surface area contributed by atoms with Gasteiger partial charge in [0.15, 0.2) is 6.10 Å². The molecule has 0 aliphatic rings. The summed E-state index contributed by atoms with van der Waals surface area (Å²) in [6.07, 6.45) is -1.32. The minimum atomic E-state index is -0.708. The van der Waals surface area contributed by atoms with Crippen molar-refractivity contribution in [3.63, 3.8) is 0 Å². The molecule has 1 rings (SSSR count). The van der Waals surface area contributed by atoms with Crippen molar-refractivity contribution < 1.29 is 14.6 Å². The molecule has 0 aliphatic carbocycles. The highest BCUT2D eigenvalue weighted by molar-refractivity contribution is 6.30. The van der Waals surface area contributed by atoms with Crippen LogP contribution in [0.5, 0.6) is 5.75 Å². The van der Waals surface area contributed by atoms with Gasteiger partial charge in [-0.3, -0.25) is 4.79 Å². The summed E-state index contributed by atoms with van der Waals surface area (Å²) in [4.78, 5) is 13.2. The van der Waals surface area contributed by atoms with Gasteiger partial charge in [-0.2, -0.15) is 0 Å². The van der Waals surface area contributed by atoms with E-state index in [2.05, 4.69) is 0 Å². The highest BCUT2D eigenvalue weighted by Crippen LogP contribution is 2.29. The number of benzene rings is 1. The largest absolute Gasteiger partial charge is 0.481 e. The molecule has 0 fully saturated rings. The van der Waals surface area contributed by atoms with Crippen molar-refractivity contribution in [2.24, 2.45) is 0 Å². The third-order valence-electron chi connectivity index (χ3n) is 2.51. The fourth-order valence-corrected chi connectivity index (χ4v) is 1.74. The molecular formula is C13H18ClNO3. The molecule has 1 amide bonds. The van der Waals surface area contributed by atoms with Crippen molar-refractivity contribution in [1.82, 2.24) is 4.90 Å². The van der Waals surface area contributed by atoms with Crippen LogP contribution in [0.3, 0.4) is 0 Å². The Labute approximate surface area is 112 Å². The second kappa shape index (κ2) is 6.07. The Morgan fingerprint density at radius 1 is 1.39 bits per heavy atom. The molecule has 0 bridgehead atoms. The molecule has 0 saturated carbocycles. The number of likely N-dealkylation sites (N-methyl/N-ethyl adjacent to an activating group) is 1. The molecule has 0 saturated heterocycles. The summed E-state index contributed by atoms with van der Waals surface area (Å²) >= 11 is 5.87. The molecule has 0 spiro atoms. The number of rotatable bonds is 4. The third-order valence-corrected chi connectivity index (χ3v) is 2.75.